The number of nitrogens with two attached hydrogens (primary N) is 1. The monoisotopic (exact) mass is 156 g/mol. The molecule has 1 aliphatic rings. The summed E-state index contributed by atoms with van der Waals surface area (Å²) in [5.74, 6) is 5.56. The largest absolute Gasteiger partial charge is 0.294 e. The summed E-state index contributed by atoms with van der Waals surface area (Å²) < 4.78 is 0. The summed E-state index contributed by atoms with van der Waals surface area (Å²) in [6.07, 6.45) is 6.92. The molecule has 0 atom stereocenters. The van der Waals surface area contributed by atoms with Gasteiger partial charge in [-0.15, -0.1) is 0 Å². The van der Waals surface area contributed by atoms with Gasteiger partial charge in [-0.05, 0) is 18.8 Å². The number of hydrogen-bond donors (Lipinski definition) is 2. The fourth-order valence-electron chi connectivity index (χ4n) is 1.71. The SMILES string of the molecule is NNC(=O)CC1CCCCC1. The molecule has 0 saturated heterocycles. The van der Waals surface area contributed by atoms with Crippen molar-refractivity contribution in [3.63, 3.8) is 0 Å². The third kappa shape index (κ3) is 2.89. The lowest BCUT2D eigenvalue weighted by molar-refractivity contribution is -0.122. The predicted octanol–water partition coefficient (Wildman–Crippen LogP) is 0.947. The van der Waals surface area contributed by atoms with Crippen molar-refractivity contribution in [2.45, 2.75) is 38.5 Å². The van der Waals surface area contributed by atoms with E-state index >= 15 is 0 Å². The highest BCUT2D eigenvalue weighted by Crippen LogP contribution is 2.25. The molecule has 3 heteroatoms. The molecule has 3 N–H and O–H groups in total. The van der Waals surface area contributed by atoms with Crippen molar-refractivity contribution in [3.8, 4) is 0 Å². The lowest BCUT2D eigenvalue weighted by Crippen LogP contribution is -2.31. The first-order valence-corrected chi connectivity index (χ1v) is 4.32. The molecule has 0 aromatic rings. The Labute approximate surface area is 67.3 Å². The Bertz CT molecular complexity index is 130. The van der Waals surface area contributed by atoms with Crippen molar-refractivity contribution in [1.29, 1.82) is 0 Å². The van der Waals surface area contributed by atoms with E-state index in [0.717, 1.165) is 0 Å². The fraction of sp³-hybridized carbons (Fsp3) is 0.875. The van der Waals surface area contributed by atoms with Crippen LogP contribution in [0, 0.1) is 5.92 Å². The number of carbonyl (C=O) groups excluding carboxylic acids is 1. The minimum atomic E-state index is -0.0168. The lowest BCUT2D eigenvalue weighted by atomic mass is 9.87. The molecule has 1 aliphatic carbocycles. The molecule has 0 spiro atoms. The highest BCUT2D eigenvalue weighted by molar-refractivity contribution is 5.75. The van der Waals surface area contributed by atoms with E-state index in [1.54, 1.807) is 0 Å². The second-order valence-electron chi connectivity index (χ2n) is 3.28. The number of hydrazine groups is 1. The molecule has 3 nitrogen and oxygen atoms in total. The Morgan fingerprint density at radius 2 is 2.00 bits per heavy atom. The maximum absolute atomic E-state index is 10.8. The zero-order valence-electron chi connectivity index (χ0n) is 6.81. The van der Waals surface area contributed by atoms with Crippen LogP contribution in [0.3, 0.4) is 0 Å². The lowest BCUT2D eigenvalue weighted by Gasteiger charge is -2.20. The second kappa shape index (κ2) is 4.34. The van der Waals surface area contributed by atoms with Gasteiger partial charge in [0.15, 0.2) is 0 Å². The molecule has 0 heterocycles. The van der Waals surface area contributed by atoms with Crippen LogP contribution in [0.5, 0.6) is 0 Å². The molecular weight excluding hydrogens is 140 g/mol. The average molecular weight is 156 g/mol. The van der Waals surface area contributed by atoms with Gasteiger partial charge < -0.3 is 0 Å². The van der Waals surface area contributed by atoms with Crippen LogP contribution in [0.4, 0.5) is 0 Å². The van der Waals surface area contributed by atoms with E-state index in [-0.39, 0.29) is 5.91 Å². The maximum Gasteiger partial charge on any atom is 0.234 e. The third-order valence-corrected chi connectivity index (χ3v) is 2.36. The molecule has 64 valence electrons. The van der Waals surface area contributed by atoms with Crippen LogP contribution >= 0.6 is 0 Å². The molecule has 0 aliphatic heterocycles. The van der Waals surface area contributed by atoms with Gasteiger partial charge in [0.2, 0.25) is 5.91 Å². The van der Waals surface area contributed by atoms with Crippen molar-refractivity contribution in [2.75, 3.05) is 0 Å². The summed E-state index contributed by atoms with van der Waals surface area (Å²) >= 11 is 0. The quantitative estimate of drug-likeness (QED) is 0.355. The van der Waals surface area contributed by atoms with Crippen molar-refractivity contribution in [3.05, 3.63) is 0 Å². The predicted molar refractivity (Wildman–Crippen MR) is 43.5 cm³/mol. The zero-order chi connectivity index (χ0) is 8.10. The van der Waals surface area contributed by atoms with E-state index in [2.05, 4.69) is 5.43 Å². The van der Waals surface area contributed by atoms with Gasteiger partial charge in [-0.3, -0.25) is 10.2 Å². The molecule has 1 saturated carbocycles. The normalized spacial score (nSPS) is 19.7. The van der Waals surface area contributed by atoms with Crippen molar-refractivity contribution in [1.82, 2.24) is 5.43 Å². The third-order valence-electron chi connectivity index (χ3n) is 2.36. The van der Waals surface area contributed by atoms with Crippen LogP contribution in [-0.4, -0.2) is 5.91 Å². The minimum Gasteiger partial charge on any atom is -0.294 e. The van der Waals surface area contributed by atoms with Crippen LogP contribution in [0.15, 0.2) is 0 Å². The minimum absolute atomic E-state index is 0.0168. The van der Waals surface area contributed by atoms with Gasteiger partial charge in [0, 0.05) is 6.42 Å². The molecule has 1 rings (SSSR count). The molecule has 0 unspecified atom stereocenters. The summed E-state index contributed by atoms with van der Waals surface area (Å²) in [6.45, 7) is 0. The van der Waals surface area contributed by atoms with Crippen LogP contribution < -0.4 is 11.3 Å². The van der Waals surface area contributed by atoms with Crippen LogP contribution in [0.25, 0.3) is 0 Å². The highest BCUT2D eigenvalue weighted by Gasteiger charge is 2.15. The number of amides is 1. The smallest absolute Gasteiger partial charge is 0.234 e. The van der Waals surface area contributed by atoms with E-state index in [0.29, 0.717) is 12.3 Å². The van der Waals surface area contributed by atoms with E-state index in [9.17, 15) is 4.79 Å². The van der Waals surface area contributed by atoms with Crippen molar-refractivity contribution >= 4 is 5.91 Å². The van der Waals surface area contributed by atoms with E-state index in [4.69, 9.17) is 5.84 Å². The first-order chi connectivity index (χ1) is 5.33. The average Bonchev–Trinajstić information content (AvgIpc) is 2.06. The number of hydrogen-bond acceptors (Lipinski definition) is 2. The van der Waals surface area contributed by atoms with Gasteiger partial charge >= 0.3 is 0 Å². The van der Waals surface area contributed by atoms with Crippen LogP contribution in [-0.2, 0) is 4.79 Å². The zero-order valence-corrected chi connectivity index (χ0v) is 6.81. The molecule has 1 fully saturated rings. The van der Waals surface area contributed by atoms with Gasteiger partial charge in [0.1, 0.15) is 0 Å². The van der Waals surface area contributed by atoms with Gasteiger partial charge in [0.25, 0.3) is 0 Å². The summed E-state index contributed by atoms with van der Waals surface area (Å²) in [5, 5.41) is 0. The van der Waals surface area contributed by atoms with Crippen LogP contribution in [0.2, 0.25) is 0 Å². The first kappa shape index (κ1) is 8.53. The fourth-order valence-corrected chi connectivity index (χ4v) is 1.71. The summed E-state index contributed by atoms with van der Waals surface area (Å²) in [5.41, 5.74) is 2.17. The summed E-state index contributed by atoms with van der Waals surface area (Å²) in [6, 6.07) is 0. The van der Waals surface area contributed by atoms with Gasteiger partial charge in [-0.2, -0.15) is 0 Å². The molecule has 0 radical (unpaired) electrons. The molecule has 0 bridgehead atoms. The highest BCUT2D eigenvalue weighted by atomic mass is 16.2. The van der Waals surface area contributed by atoms with Crippen molar-refractivity contribution in [2.24, 2.45) is 11.8 Å². The standard InChI is InChI=1S/C8H16N2O/c9-10-8(11)6-7-4-2-1-3-5-7/h7H,1-6,9H2,(H,10,11). The molecule has 1 amide bonds. The summed E-state index contributed by atoms with van der Waals surface area (Å²) in [4.78, 5) is 10.8. The molecule has 0 aromatic carbocycles. The number of nitrogens with one attached hydrogen (secondary N) is 1. The van der Waals surface area contributed by atoms with E-state index in [1.807, 2.05) is 0 Å². The van der Waals surface area contributed by atoms with Gasteiger partial charge in [-0.25, -0.2) is 5.84 Å². The second-order valence-corrected chi connectivity index (χ2v) is 3.28. The maximum atomic E-state index is 10.8. The van der Waals surface area contributed by atoms with E-state index < -0.39 is 0 Å². The molecular formula is C8H16N2O. The van der Waals surface area contributed by atoms with Gasteiger partial charge in [0.05, 0.1) is 0 Å². The van der Waals surface area contributed by atoms with E-state index in [1.165, 1.54) is 32.1 Å². The first-order valence-electron chi connectivity index (χ1n) is 4.32. The molecule has 11 heavy (non-hydrogen) atoms. The number of rotatable bonds is 2. The Morgan fingerprint density at radius 3 is 2.55 bits per heavy atom. The Hall–Kier alpha value is -0.570. The summed E-state index contributed by atoms with van der Waals surface area (Å²) in [7, 11) is 0. The topological polar surface area (TPSA) is 55.1 Å². The molecule has 0 aromatic heterocycles. The van der Waals surface area contributed by atoms with Crippen molar-refractivity contribution < 1.29 is 4.79 Å². The Kier molecular flexibility index (Phi) is 3.36. The Balaban J connectivity index is 2.19. The number of carbonyl (C=O) groups is 1. The van der Waals surface area contributed by atoms with Crippen LogP contribution in [0.1, 0.15) is 38.5 Å². The van der Waals surface area contributed by atoms with Gasteiger partial charge in [-0.1, -0.05) is 19.3 Å². The Morgan fingerprint density at radius 1 is 1.36 bits per heavy atom.